The summed E-state index contributed by atoms with van der Waals surface area (Å²) in [6.07, 6.45) is -1.61. The van der Waals surface area contributed by atoms with E-state index in [-0.39, 0.29) is 17.8 Å². The summed E-state index contributed by atoms with van der Waals surface area (Å²) >= 11 is 0. The number of carbonyl (C=O) groups is 3. The van der Waals surface area contributed by atoms with Gasteiger partial charge in [-0.15, -0.1) is 0 Å². The number of carboxylic acid groups (broad SMARTS) is 1. The summed E-state index contributed by atoms with van der Waals surface area (Å²) in [5, 5.41) is 11.9. The van der Waals surface area contributed by atoms with Gasteiger partial charge in [-0.05, 0) is 62.1 Å². The number of carbonyl (C=O) groups excluding carboxylic acids is 2. The first-order valence-electron chi connectivity index (χ1n) is 13.8. The predicted molar refractivity (Wildman–Crippen MR) is 148 cm³/mol. The van der Waals surface area contributed by atoms with Crippen molar-refractivity contribution in [2.24, 2.45) is 11.8 Å². The molecule has 222 valence electrons. The van der Waals surface area contributed by atoms with Crippen LogP contribution in [0.2, 0.25) is 0 Å². The highest BCUT2D eigenvalue weighted by molar-refractivity contribution is 6.04. The highest BCUT2D eigenvalue weighted by Gasteiger charge is 2.42. The van der Waals surface area contributed by atoms with E-state index in [1.807, 2.05) is 0 Å². The molecule has 42 heavy (non-hydrogen) atoms. The first-order chi connectivity index (χ1) is 20.0. The molecular weight excluding hydrogens is 553 g/mol. The van der Waals surface area contributed by atoms with E-state index in [4.69, 9.17) is 4.42 Å². The van der Waals surface area contributed by atoms with Gasteiger partial charge in [-0.3, -0.25) is 14.4 Å². The number of amides is 2. The van der Waals surface area contributed by atoms with Crippen LogP contribution in [0.4, 0.5) is 24.5 Å². The maximum atomic E-state index is 13.6. The highest BCUT2D eigenvalue weighted by atomic mass is 19.4. The summed E-state index contributed by atoms with van der Waals surface area (Å²) in [4.78, 5) is 45.0. The van der Waals surface area contributed by atoms with Crippen LogP contribution in [0, 0.1) is 11.8 Å². The Morgan fingerprint density at radius 2 is 1.62 bits per heavy atom. The number of hydrogen-bond acceptors (Lipinski definition) is 6. The van der Waals surface area contributed by atoms with E-state index in [2.05, 4.69) is 15.2 Å². The molecule has 1 aliphatic heterocycles. The lowest BCUT2D eigenvalue weighted by molar-refractivity contribution is -0.153. The Bertz CT molecular complexity index is 1430. The average Bonchev–Trinajstić information content (AvgIpc) is 3.66. The Morgan fingerprint density at radius 1 is 0.976 bits per heavy atom. The van der Waals surface area contributed by atoms with Gasteiger partial charge in [-0.2, -0.15) is 13.2 Å². The highest BCUT2D eigenvalue weighted by Crippen LogP contribution is 2.36. The fourth-order valence-electron chi connectivity index (χ4n) is 5.82. The Hall–Kier alpha value is -4.35. The number of aromatic nitrogens is 1. The van der Waals surface area contributed by atoms with Gasteiger partial charge < -0.3 is 24.6 Å². The van der Waals surface area contributed by atoms with Gasteiger partial charge in [-0.25, -0.2) is 4.98 Å². The van der Waals surface area contributed by atoms with E-state index < -0.39 is 41.3 Å². The molecule has 0 radical (unpaired) electrons. The van der Waals surface area contributed by atoms with Crippen molar-refractivity contribution in [1.29, 1.82) is 0 Å². The van der Waals surface area contributed by atoms with E-state index in [9.17, 15) is 32.7 Å². The Balaban J connectivity index is 1.20. The second kappa shape index (κ2) is 11.9. The number of carboxylic acids is 1. The smallest absolute Gasteiger partial charge is 0.452 e. The zero-order valence-corrected chi connectivity index (χ0v) is 22.9. The molecule has 12 heteroatoms. The molecule has 2 fully saturated rings. The van der Waals surface area contributed by atoms with E-state index in [0.717, 1.165) is 12.1 Å². The molecule has 2 aliphatic rings. The lowest BCUT2D eigenvalue weighted by Crippen LogP contribution is -2.48. The minimum atomic E-state index is -4.91. The number of nitrogens with one attached hydrogen (secondary N) is 1. The molecule has 2 heterocycles. The molecule has 0 spiro atoms. The lowest BCUT2D eigenvalue weighted by Gasteiger charge is -2.39. The van der Waals surface area contributed by atoms with Crippen LogP contribution >= 0.6 is 0 Å². The largest absolute Gasteiger partial charge is 0.481 e. The summed E-state index contributed by atoms with van der Waals surface area (Å²) in [6, 6.07) is 14.8. The summed E-state index contributed by atoms with van der Waals surface area (Å²) in [7, 11) is 1.75. The van der Waals surface area contributed by atoms with Crippen molar-refractivity contribution < 1.29 is 37.1 Å². The topological polar surface area (TPSA) is 116 Å². The normalized spacial score (nSPS) is 19.5. The van der Waals surface area contributed by atoms with Gasteiger partial charge in [0.05, 0.1) is 11.8 Å². The maximum absolute atomic E-state index is 13.6. The van der Waals surface area contributed by atoms with Crippen LogP contribution < -0.4 is 10.2 Å². The third-order valence-electron chi connectivity index (χ3n) is 8.12. The van der Waals surface area contributed by atoms with E-state index in [1.54, 1.807) is 54.4 Å². The summed E-state index contributed by atoms with van der Waals surface area (Å²) in [5.41, 5.74) is 0.629. The van der Waals surface area contributed by atoms with Gasteiger partial charge >= 0.3 is 12.1 Å². The fraction of sp³-hybridized carbons (Fsp3) is 0.400. The van der Waals surface area contributed by atoms with Crippen LogP contribution in [-0.2, 0) is 15.8 Å². The van der Waals surface area contributed by atoms with Gasteiger partial charge in [0.2, 0.25) is 17.6 Å². The number of aliphatic carboxylic acids is 1. The minimum Gasteiger partial charge on any atom is -0.481 e. The van der Waals surface area contributed by atoms with Crippen LogP contribution in [0.1, 0.15) is 48.4 Å². The van der Waals surface area contributed by atoms with Gasteiger partial charge in [0.1, 0.15) is 0 Å². The van der Waals surface area contributed by atoms with Crippen molar-refractivity contribution in [2.45, 2.75) is 44.3 Å². The molecule has 1 saturated carbocycles. The van der Waals surface area contributed by atoms with Crippen LogP contribution in [0.3, 0.4) is 0 Å². The number of nitrogens with zero attached hydrogens (tertiary/aromatic N) is 3. The Kier molecular flexibility index (Phi) is 8.24. The monoisotopic (exact) mass is 584 g/mol. The van der Waals surface area contributed by atoms with Crippen molar-refractivity contribution in [2.75, 3.05) is 30.4 Å². The number of halogens is 3. The lowest BCUT2D eigenvalue weighted by atomic mass is 9.93. The molecule has 5 rings (SSSR count). The van der Waals surface area contributed by atoms with Crippen LogP contribution in [0.15, 0.2) is 59.0 Å². The van der Waals surface area contributed by atoms with Crippen molar-refractivity contribution >= 4 is 29.2 Å². The SMILES string of the molecule is CN(C(=O)[C@H]1CCCC1C(=O)O)C1CCN(c2ccc(NC(=O)c3nc(-c4ccccc4)oc3C(F)(F)F)cc2)CC1. The van der Waals surface area contributed by atoms with Crippen LogP contribution in [0.25, 0.3) is 11.5 Å². The standard InChI is InChI=1S/C30H31F3N4O5/c1-36(28(39)22-8-5-9-23(22)29(40)41)20-14-16-37(17-15-20)21-12-10-19(11-13-21)34-26(38)24-25(30(31,32)33)42-27(35-24)18-6-3-2-4-7-18/h2-4,6-7,10-13,20,22-23H,5,8-9,14-17H2,1H3,(H,34,38)(H,40,41)/t22-,23?/m0/s1. The molecule has 9 nitrogen and oxygen atoms in total. The second-order valence-electron chi connectivity index (χ2n) is 10.7. The quantitative estimate of drug-likeness (QED) is 0.375. The Morgan fingerprint density at radius 3 is 2.24 bits per heavy atom. The van der Waals surface area contributed by atoms with Gasteiger partial charge in [-0.1, -0.05) is 24.6 Å². The number of benzene rings is 2. The molecule has 2 N–H and O–H groups in total. The van der Waals surface area contributed by atoms with E-state index in [0.29, 0.717) is 50.0 Å². The van der Waals surface area contributed by atoms with E-state index >= 15 is 0 Å². The van der Waals surface area contributed by atoms with Crippen molar-refractivity contribution in [3.8, 4) is 11.5 Å². The summed E-state index contributed by atoms with van der Waals surface area (Å²) in [5.74, 6) is -4.90. The number of anilines is 2. The molecular formula is C30H31F3N4O5. The fourth-order valence-corrected chi connectivity index (χ4v) is 5.82. The average molecular weight is 585 g/mol. The maximum Gasteiger partial charge on any atom is 0.452 e. The first kappa shape index (κ1) is 29.2. The van der Waals surface area contributed by atoms with E-state index in [1.165, 1.54) is 12.1 Å². The molecule has 3 aromatic rings. The number of rotatable bonds is 7. The number of hydrogen-bond donors (Lipinski definition) is 2. The third kappa shape index (κ3) is 6.12. The number of piperidine rings is 1. The van der Waals surface area contributed by atoms with Gasteiger partial charge in [0, 0.05) is 43.1 Å². The second-order valence-corrected chi connectivity index (χ2v) is 10.7. The minimum absolute atomic E-state index is 0.00780. The van der Waals surface area contributed by atoms with Crippen LogP contribution in [0.5, 0.6) is 0 Å². The first-order valence-corrected chi connectivity index (χ1v) is 13.8. The summed E-state index contributed by atoms with van der Waals surface area (Å²) in [6.45, 7) is 1.33. The van der Waals surface area contributed by atoms with Crippen LogP contribution in [-0.4, -0.2) is 59.0 Å². The zero-order valence-electron chi connectivity index (χ0n) is 22.9. The summed E-state index contributed by atoms with van der Waals surface area (Å²) < 4.78 is 45.8. The van der Waals surface area contributed by atoms with Crippen molar-refractivity contribution in [1.82, 2.24) is 9.88 Å². The Labute approximate surface area is 240 Å². The molecule has 1 aliphatic carbocycles. The van der Waals surface area contributed by atoms with Crippen molar-refractivity contribution in [3.05, 3.63) is 66.1 Å². The predicted octanol–water partition coefficient (Wildman–Crippen LogP) is 5.54. The zero-order chi connectivity index (χ0) is 30.0. The third-order valence-corrected chi connectivity index (χ3v) is 8.12. The molecule has 0 bridgehead atoms. The number of alkyl halides is 3. The molecule has 1 aromatic heterocycles. The molecule has 2 atom stereocenters. The molecule has 1 saturated heterocycles. The van der Waals surface area contributed by atoms with Gasteiger partial charge in [0.15, 0.2) is 5.69 Å². The van der Waals surface area contributed by atoms with Crippen molar-refractivity contribution in [3.63, 3.8) is 0 Å². The number of oxazole rings is 1. The van der Waals surface area contributed by atoms with Gasteiger partial charge in [0.25, 0.3) is 5.91 Å². The molecule has 2 aromatic carbocycles. The molecule has 2 amide bonds. The molecule has 1 unspecified atom stereocenters.